The predicted octanol–water partition coefficient (Wildman–Crippen LogP) is 1.29. The largest absolute Gasteiger partial charge is 0.469 e. The lowest BCUT2D eigenvalue weighted by Gasteiger charge is -2.09. The van der Waals surface area contributed by atoms with Gasteiger partial charge in [0.25, 0.3) is 0 Å². The maximum Gasteiger partial charge on any atom is 0.308 e. The fourth-order valence-corrected chi connectivity index (χ4v) is 1.19. The molecule has 0 aliphatic rings. The van der Waals surface area contributed by atoms with Crippen LogP contribution in [0.1, 0.15) is 23.7 Å². The van der Waals surface area contributed by atoms with E-state index in [4.69, 9.17) is 5.26 Å². The van der Waals surface area contributed by atoms with Crippen LogP contribution in [0, 0.1) is 17.1 Å². The number of rotatable bonds is 3. The molecule has 0 radical (unpaired) electrons. The van der Waals surface area contributed by atoms with E-state index >= 15 is 0 Å². The Morgan fingerprint density at radius 3 is 2.94 bits per heavy atom. The summed E-state index contributed by atoms with van der Waals surface area (Å²) < 4.78 is 17.4. The average molecular weight is 223 g/mol. The summed E-state index contributed by atoms with van der Waals surface area (Å²) in [4.78, 5) is 10.9. The summed E-state index contributed by atoms with van der Waals surface area (Å²) in [5, 5.41) is 18.2. The molecule has 0 saturated heterocycles. The topological polar surface area (TPSA) is 70.3 Å². The van der Waals surface area contributed by atoms with Gasteiger partial charge >= 0.3 is 5.97 Å². The molecule has 5 heteroatoms. The Balaban J connectivity index is 2.89. The summed E-state index contributed by atoms with van der Waals surface area (Å²) in [6, 6.07) is 5.27. The molecule has 0 saturated carbocycles. The molecule has 0 aromatic heterocycles. The van der Waals surface area contributed by atoms with E-state index in [2.05, 4.69) is 4.74 Å². The highest BCUT2D eigenvalue weighted by Gasteiger charge is 2.14. The van der Waals surface area contributed by atoms with E-state index in [0.29, 0.717) is 5.56 Å². The minimum absolute atomic E-state index is 0.165. The number of hydrogen-bond donors (Lipinski definition) is 1. The van der Waals surface area contributed by atoms with Crippen molar-refractivity contribution >= 4 is 5.97 Å². The summed E-state index contributed by atoms with van der Waals surface area (Å²) in [5.74, 6) is -1.23. The van der Waals surface area contributed by atoms with Crippen LogP contribution in [0.15, 0.2) is 18.2 Å². The van der Waals surface area contributed by atoms with Crippen LogP contribution in [0.3, 0.4) is 0 Å². The highest BCUT2D eigenvalue weighted by atomic mass is 19.1. The van der Waals surface area contributed by atoms with Gasteiger partial charge in [0.1, 0.15) is 11.9 Å². The summed E-state index contributed by atoms with van der Waals surface area (Å²) in [6.45, 7) is 0. The van der Waals surface area contributed by atoms with E-state index in [1.807, 2.05) is 0 Å². The monoisotopic (exact) mass is 223 g/mol. The van der Waals surface area contributed by atoms with Crippen molar-refractivity contribution in [2.24, 2.45) is 0 Å². The molecule has 1 rings (SSSR count). The average Bonchev–Trinajstić information content (AvgIpc) is 2.29. The van der Waals surface area contributed by atoms with E-state index < -0.39 is 17.9 Å². The molecule has 1 aromatic carbocycles. The van der Waals surface area contributed by atoms with Gasteiger partial charge in [0.05, 0.1) is 25.2 Å². The fraction of sp³-hybridized carbons (Fsp3) is 0.273. The summed E-state index contributed by atoms with van der Waals surface area (Å²) >= 11 is 0. The summed E-state index contributed by atoms with van der Waals surface area (Å²) in [5.41, 5.74) is 0.143. The van der Waals surface area contributed by atoms with Gasteiger partial charge in [0.15, 0.2) is 0 Å². The Labute approximate surface area is 91.9 Å². The Hall–Kier alpha value is -1.93. The van der Waals surface area contributed by atoms with Crippen molar-refractivity contribution in [1.82, 2.24) is 0 Å². The van der Waals surface area contributed by atoms with Crippen molar-refractivity contribution in [1.29, 1.82) is 5.26 Å². The van der Waals surface area contributed by atoms with Crippen molar-refractivity contribution in [2.75, 3.05) is 7.11 Å². The van der Waals surface area contributed by atoms with Gasteiger partial charge < -0.3 is 9.84 Å². The lowest BCUT2D eigenvalue weighted by molar-refractivity contribution is -0.142. The Kier molecular flexibility index (Phi) is 3.97. The van der Waals surface area contributed by atoms with E-state index in [1.54, 1.807) is 6.07 Å². The lowest BCUT2D eigenvalue weighted by Crippen LogP contribution is -2.08. The lowest BCUT2D eigenvalue weighted by atomic mass is 10.0. The van der Waals surface area contributed by atoms with Crippen molar-refractivity contribution < 1.29 is 19.0 Å². The van der Waals surface area contributed by atoms with Gasteiger partial charge in [-0.3, -0.25) is 4.79 Å². The maximum atomic E-state index is 13.0. The molecule has 0 aliphatic heterocycles. The Morgan fingerprint density at radius 1 is 1.69 bits per heavy atom. The predicted molar refractivity (Wildman–Crippen MR) is 52.7 cm³/mol. The highest BCUT2D eigenvalue weighted by molar-refractivity contribution is 5.70. The van der Waals surface area contributed by atoms with Crippen molar-refractivity contribution in [3.8, 4) is 6.07 Å². The highest BCUT2D eigenvalue weighted by Crippen LogP contribution is 2.19. The Bertz CT molecular complexity index is 439. The number of esters is 1. The number of aliphatic hydroxyl groups excluding tert-OH is 1. The number of methoxy groups -OCH3 is 1. The molecule has 0 spiro atoms. The first-order valence-electron chi connectivity index (χ1n) is 4.53. The molecule has 0 aliphatic carbocycles. The van der Waals surface area contributed by atoms with Gasteiger partial charge in [-0.05, 0) is 17.7 Å². The van der Waals surface area contributed by atoms with Crippen LogP contribution in [-0.2, 0) is 9.53 Å². The number of halogens is 1. The van der Waals surface area contributed by atoms with Gasteiger partial charge in [-0.1, -0.05) is 6.07 Å². The fourth-order valence-electron chi connectivity index (χ4n) is 1.19. The van der Waals surface area contributed by atoms with Gasteiger partial charge in [-0.2, -0.15) is 5.26 Å². The van der Waals surface area contributed by atoms with Gasteiger partial charge in [-0.15, -0.1) is 0 Å². The van der Waals surface area contributed by atoms with Crippen LogP contribution in [0.5, 0.6) is 0 Å². The van der Waals surface area contributed by atoms with Crippen LogP contribution in [0.4, 0.5) is 4.39 Å². The third-order valence-corrected chi connectivity index (χ3v) is 2.08. The molecule has 0 bridgehead atoms. The number of nitrogens with zero attached hydrogens (tertiary/aromatic N) is 1. The zero-order chi connectivity index (χ0) is 12.1. The van der Waals surface area contributed by atoms with E-state index in [1.165, 1.54) is 19.2 Å². The molecule has 1 aromatic rings. The van der Waals surface area contributed by atoms with Crippen LogP contribution < -0.4 is 0 Å². The molecular formula is C11H10FNO3. The van der Waals surface area contributed by atoms with Crippen molar-refractivity contribution in [3.63, 3.8) is 0 Å². The zero-order valence-electron chi connectivity index (χ0n) is 8.61. The molecule has 0 fully saturated rings. The number of ether oxygens (including phenoxy) is 1. The summed E-state index contributed by atoms with van der Waals surface area (Å²) in [6.07, 6.45) is -1.33. The molecule has 4 nitrogen and oxygen atoms in total. The normalized spacial score (nSPS) is 11.6. The maximum absolute atomic E-state index is 13.0. The third kappa shape index (κ3) is 2.78. The zero-order valence-corrected chi connectivity index (χ0v) is 8.61. The molecule has 16 heavy (non-hydrogen) atoms. The second kappa shape index (κ2) is 5.24. The molecule has 0 heterocycles. The first-order valence-corrected chi connectivity index (χ1v) is 4.53. The number of carbonyl (C=O) groups excluding carboxylic acids is 1. The molecule has 1 N–H and O–H groups in total. The molecule has 0 unspecified atom stereocenters. The van der Waals surface area contributed by atoms with Gasteiger partial charge in [-0.25, -0.2) is 4.39 Å². The summed E-state index contributed by atoms with van der Waals surface area (Å²) in [7, 11) is 1.21. The number of benzene rings is 1. The second-order valence-electron chi connectivity index (χ2n) is 3.15. The Morgan fingerprint density at radius 2 is 2.38 bits per heavy atom. The number of hydrogen-bond acceptors (Lipinski definition) is 4. The smallest absolute Gasteiger partial charge is 0.308 e. The third-order valence-electron chi connectivity index (χ3n) is 2.08. The van der Waals surface area contributed by atoms with Crippen molar-refractivity contribution in [3.05, 3.63) is 35.1 Å². The number of aliphatic hydroxyl groups is 1. The van der Waals surface area contributed by atoms with Gasteiger partial charge in [0, 0.05) is 0 Å². The van der Waals surface area contributed by atoms with E-state index in [0.717, 1.165) is 6.07 Å². The van der Waals surface area contributed by atoms with Crippen LogP contribution in [-0.4, -0.2) is 18.2 Å². The standard InChI is InChI=1S/C11H10FNO3/c1-16-11(15)5-10(14)7-2-3-9(12)8(4-7)6-13/h2-4,10,14H,5H2,1H3/t10-/m1/s1. The number of nitriles is 1. The molecule has 84 valence electrons. The van der Waals surface area contributed by atoms with Gasteiger partial charge in [0.2, 0.25) is 0 Å². The van der Waals surface area contributed by atoms with Crippen molar-refractivity contribution in [2.45, 2.75) is 12.5 Å². The minimum atomic E-state index is -1.10. The first-order chi connectivity index (χ1) is 7.58. The van der Waals surface area contributed by atoms with Crippen LogP contribution in [0.2, 0.25) is 0 Å². The van der Waals surface area contributed by atoms with E-state index in [-0.39, 0.29) is 12.0 Å². The number of carbonyl (C=O) groups is 1. The molecule has 0 amide bonds. The van der Waals surface area contributed by atoms with Crippen LogP contribution in [0.25, 0.3) is 0 Å². The minimum Gasteiger partial charge on any atom is -0.469 e. The van der Waals surface area contributed by atoms with Crippen LogP contribution >= 0.6 is 0 Å². The second-order valence-corrected chi connectivity index (χ2v) is 3.15. The first kappa shape index (κ1) is 12.1. The molecule has 1 atom stereocenters. The molecular weight excluding hydrogens is 213 g/mol. The quantitative estimate of drug-likeness (QED) is 0.784. The van der Waals surface area contributed by atoms with E-state index in [9.17, 15) is 14.3 Å². The SMILES string of the molecule is COC(=O)C[C@@H](O)c1ccc(F)c(C#N)c1.